The van der Waals surface area contributed by atoms with Crippen molar-refractivity contribution in [1.82, 2.24) is 0 Å². The van der Waals surface area contributed by atoms with Gasteiger partial charge in [-0.1, -0.05) is 262 Å². The standard InChI is InChI=1S/C74H118O6/c1-4-7-10-13-16-19-22-25-28-30-32-33-34-35-36-37-38-39-40-41-43-44-46-49-52-55-58-61-64-67-73(76)79-70-71(69-78-72(75)66-63-60-57-54-51-48-27-24-21-18-15-12-9-6-3)80-74(77)68-65-62-59-56-53-50-47-45-42-31-29-26-23-20-17-14-11-8-5-2/h7-8,10-11,16-17,19-20,24-29,32-33,35-36,38-39,41-43,45,50,53,71H,4-6,9,12-15,18,21-23,30-31,34,37,40,44,46-49,51-52,54-70H2,1-3H3/b10-7-,11-8-,19-16-,20-17-,27-24-,28-25-,29-26-,33-32-,36-35-,39-38-,43-41-,45-42-,53-50-. The van der Waals surface area contributed by atoms with E-state index in [-0.39, 0.29) is 37.5 Å². The number of ether oxygens (including phenoxy) is 3. The summed E-state index contributed by atoms with van der Waals surface area (Å²) < 4.78 is 16.9. The van der Waals surface area contributed by atoms with E-state index in [9.17, 15) is 14.4 Å². The molecule has 1 unspecified atom stereocenters. The molecule has 0 aliphatic carbocycles. The van der Waals surface area contributed by atoms with Crippen molar-refractivity contribution in [1.29, 1.82) is 0 Å². The summed E-state index contributed by atoms with van der Waals surface area (Å²) >= 11 is 0. The normalized spacial score (nSPS) is 13.2. The van der Waals surface area contributed by atoms with Crippen molar-refractivity contribution in [2.75, 3.05) is 13.2 Å². The van der Waals surface area contributed by atoms with E-state index in [1.807, 2.05) is 0 Å². The SMILES string of the molecule is CC/C=C\C/C=C\C/C=C\C/C=C\C/C=C\C/C=C\C/C=C\CCCCCCCCCC(=O)OCC(COC(=O)CCCCCCC/C=C\CCCCCCC)OC(=O)CCCCC/C=C\C/C=C\C/C=C\C/C=C\C/C=C\CC. The Labute approximate surface area is 492 Å². The highest BCUT2D eigenvalue weighted by Crippen LogP contribution is 2.14. The number of esters is 3. The molecule has 0 heterocycles. The van der Waals surface area contributed by atoms with Gasteiger partial charge >= 0.3 is 17.9 Å². The van der Waals surface area contributed by atoms with Crippen molar-refractivity contribution in [3.8, 4) is 0 Å². The zero-order valence-electron chi connectivity index (χ0n) is 51.5. The Morgan fingerprint density at radius 1 is 0.263 bits per heavy atom. The van der Waals surface area contributed by atoms with Crippen LogP contribution in [0.25, 0.3) is 0 Å². The molecule has 0 radical (unpaired) electrons. The summed E-state index contributed by atoms with van der Waals surface area (Å²) in [6.45, 7) is 6.36. The molecule has 0 N–H and O–H groups in total. The molecule has 6 heteroatoms. The zero-order chi connectivity index (χ0) is 57.8. The quantitative estimate of drug-likeness (QED) is 0.0261. The first-order valence-corrected chi connectivity index (χ1v) is 32.5. The summed E-state index contributed by atoms with van der Waals surface area (Å²) in [4.78, 5) is 38.3. The third kappa shape index (κ3) is 63.9. The second-order valence-electron chi connectivity index (χ2n) is 20.9. The lowest BCUT2D eigenvalue weighted by Gasteiger charge is -2.18. The van der Waals surface area contributed by atoms with Crippen LogP contribution in [0.3, 0.4) is 0 Å². The Morgan fingerprint density at radius 3 is 0.787 bits per heavy atom. The van der Waals surface area contributed by atoms with Gasteiger partial charge in [0.2, 0.25) is 0 Å². The Morgan fingerprint density at radius 2 is 0.487 bits per heavy atom. The van der Waals surface area contributed by atoms with Crippen molar-refractivity contribution in [2.45, 2.75) is 277 Å². The maximum absolute atomic E-state index is 12.9. The van der Waals surface area contributed by atoms with Crippen LogP contribution in [0.1, 0.15) is 271 Å². The molecule has 6 nitrogen and oxygen atoms in total. The molecule has 0 spiro atoms. The van der Waals surface area contributed by atoms with Crippen LogP contribution in [0.2, 0.25) is 0 Å². The minimum absolute atomic E-state index is 0.105. The molecule has 1 atom stereocenters. The van der Waals surface area contributed by atoms with Crippen LogP contribution >= 0.6 is 0 Å². The smallest absolute Gasteiger partial charge is 0.306 e. The lowest BCUT2D eigenvalue weighted by Crippen LogP contribution is -2.30. The summed E-state index contributed by atoms with van der Waals surface area (Å²) in [7, 11) is 0. The average molecular weight is 1100 g/mol. The summed E-state index contributed by atoms with van der Waals surface area (Å²) in [6.07, 6.45) is 96.7. The van der Waals surface area contributed by atoms with E-state index in [1.165, 1.54) is 70.6 Å². The maximum atomic E-state index is 12.9. The van der Waals surface area contributed by atoms with Crippen LogP contribution in [0.15, 0.2) is 158 Å². The highest BCUT2D eigenvalue weighted by Gasteiger charge is 2.19. The second-order valence-corrected chi connectivity index (χ2v) is 20.9. The Balaban J connectivity index is 4.43. The molecule has 0 aliphatic heterocycles. The van der Waals surface area contributed by atoms with E-state index >= 15 is 0 Å². The first-order valence-electron chi connectivity index (χ1n) is 32.5. The van der Waals surface area contributed by atoms with Gasteiger partial charge in [-0.3, -0.25) is 14.4 Å². The van der Waals surface area contributed by atoms with Gasteiger partial charge < -0.3 is 14.2 Å². The van der Waals surface area contributed by atoms with Gasteiger partial charge in [0.05, 0.1) is 0 Å². The highest BCUT2D eigenvalue weighted by molar-refractivity contribution is 5.71. The molecule has 0 saturated carbocycles. The number of hydrogen-bond acceptors (Lipinski definition) is 6. The summed E-state index contributed by atoms with van der Waals surface area (Å²) in [6, 6.07) is 0. The first kappa shape index (κ1) is 75.0. The van der Waals surface area contributed by atoms with Gasteiger partial charge in [0, 0.05) is 19.3 Å². The third-order valence-electron chi connectivity index (χ3n) is 13.2. The minimum atomic E-state index is -0.812. The van der Waals surface area contributed by atoms with Gasteiger partial charge in [0.15, 0.2) is 6.10 Å². The molecule has 0 bridgehead atoms. The number of carbonyl (C=O) groups excluding carboxylic acids is 3. The molecule has 0 rings (SSSR count). The van der Waals surface area contributed by atoms with Crippen molar-refractivity contribution in [3.05, 3.63) is 158 Å². The summed E-state index contributed by atoms with van der Waals surface area (Å²) in [5.74, 6) is -0.959. The van der Waals surface area contributed by atoms with Gasteiger partial charge in [-0.15, -0.1) is 0 Å². The topological polar surface area (TPSA) is 78.9 Å². The molecule has 0 amide bonds. The fourth-order valence-electron chi connectivity index (χ4n) is 8.44. The third-order valence-corrected chi connectivity index (χ3v) is 13.2. The molecular weight excluding hydrogens is 985 g/mol. The van der Waals surface area contributed by atoms with Gasteiger partial charge in [0.1, 0.15) is 13.2 Å². The number of rotatable bonds is 57. The summed E-state index contributed by atoms with van der Waals surface area (Å²) in [5, 5.41) is 0. The number of allylic oxidation sites excluding steroid dienone is 26. The van der Waals surface area contributed by atoms with Crippen molar-refractivity contribution in [3.63, 3.8) is 0 Å². The molecule has 0 aromatic rings. The second kappa shape index (κ2) is 66.5. The molecular formula is C74H118O6. The average Bonchev–Trinajstić information content (AvgIpc) is 3.46. The van der Waals surface area contributed by atoms with Crippen LogP contribution in [0.4, 0.5) is 0 Å². The van der Waals surface area contributed by atoms with E-state index < -0.39 is 6.10 Å². The zero-order valence-corrected chi connectivity index (χ0v) is 51.5. The van der Waals surface area contributed by atoms with Crippen LogP contribution in [-0.2, 0) is 28.6 Å². The van der Waals surface area contributed by atoms with Gasteiger partial charge in [-0.05, 0) is 148 Å². The van der Waals surface area contributed by atoms with E-state index in [0.717, 1.165) is 154 Å². The fourth-order valence-corrected chi connectivity index (χ4v) is 8.44. The first-order chi connectivity index (χ1) is 39.5. The van der Waals surface area contributed by atoms with Gasteiger partial charge in [-0.25, -0.2) is 0 Å². The van der Waals surface area contributed by atoms with E-state index in [2.05, 4.69) is 179 Å². The molecule has 0 saturated heterocycles. The number of hydrogen-bond donors (Lipinski definition) is 0. The lowest BCUT2D eigenvalue weighted by atomic mass is 10.1. The highest BCUT2D eigenvalue weighted by atomic mass is 16.6. The van der Waals surface area contributed by atoms with Crippen molar-refractivity contribution in [2.24, 2.45) is 0 Å². The molecule has 80 heavy (non-hydrogen) atoms. The van der Waals surface area contributed by atoms with E-state index in [4.69, 9.17) is 14.2 Å². The van der Waals surface area contributed by atoms with E-state index in [0.29, 0.717) is 19.3 Å². The van der Waals surface area contributed by atoms with Gasteiger partial charge in [-0.2, -0.15) is 0 Å². The minimum Gasteiger partial charge on any atom is -0.462 e. The van der Waals surface area contributed by atoms with Crippen LogP contribution in [0, 0.1) is 0 Å². The molecule has 0 fully saturated rings. The van der Waals surface area contributed by atoms with Crippen LogP contribution in [-0.4, -0.2) is 37.2 Å². The molecule has 0 aromatic heterocycles. The molecule has 0 aliphatic rings. The van der Waals surface area contributed by atoms with Crippen molar-refractivity contribution < 1.29 is 28.6 Å². The van der Waals surface area contributed by atoms with Crippen LogP contribution < -0.4 is 0 Å². The maximum Gasteiger partial charge on any atom is 0.306 e. The van der Waals surface area contributed by atoms with Gasteiger partial charge in [0.25, 0.3) is 0 Å². The predicted molar refractivity (Wildman–Crippen MR) is 348 cm³/mol. The van der Waals surface area contributed by atoms with Crippen LogP contribution in [0.5, 0.6) is 0 Å². The molecule has 450 valence electrons. The van der Waals surface area contributed by atoms with Crippen molar-refractivity contribution >= 4 is 17.9 Å². The Hall–Kier alpha value is -4.97. The lowest BCUT2D eigenvalue weighted by molar-refractivity contribution is -0.167. The number of carbonyl (C=O) groups is 3. The Bertz CT molecular complexity index is 1790. The largest absolute Gasteiger partial charge is 0.462 e. The molecule has 0 aromatic carbocycles. The predicted octanol–water partition coefficient (Wildman–Crippen LogP) is 22.5. The number of unbranched alkanes of at least 4 members (excludes halogenated alkanes) is 20. The fraction of sp³-hybridized carbons (Fsp3) is 0.608. The van der Waals surface area contributed by atoms with E-state index in [1.54, 1.807) is 0 Å². The monoisotopic (exact) mass is 1100 g/mol. The Kier molecular flexibility index (Phi) is 62.4. The summed E-state index contributed by atoms with van der Waals surface area (Å²) in [5.41, 5.74) is 0.